The Hall–Kier alpha value is -0.710. The molecular formula is C13H19ClF2N2. The van der Waals surface area contributed by atoms with Crippen LogP contribution in [0.2, 0.25) is 0 Å². The topological polar surface area (TPSA) is 15.3 Å². The van der Waals surface area contributed by atoms with Gasteiger partial charge >= 0.3 is 0 Å². The van der Waals surface area contributed by atoms with E-state index in [4.69, 9.17) is 0 Å². The molecule has 5 heteroatoms. The maximum Gasteiger partial charge on any atom is 0.123 e. The molecule has 1 saturated heterocycles. The van der Waals surface area contributed by atoms with Gasteiger partial charge in [-0.15, -0.1) is 12.4 Å². The molecule has 1 fully saturated rings. The molecule has 1 aliphatic heterocycles. The first-order valence-electron chi connectivity index (χ1n) is 5.99. The van der Waals surface area contributed by atoms with E-state index in [9.17, 15) is 8.78 Å². The van der Waals surface area contributed by atoms with Gasteiger partial charge in [0.15, 0.2) is 0 Å². The summed E-state index contributed by atoms with van der Waals surface area (Å²) in [7, 11) is 0. The molecule has 0 spiro atoms. The van der Waals surface area contributed by atoms with Gasteiger partial charge in [0.2, 0.25) is 0 Å². The number of nitrogens with one attached hydrogen (secondary N) is 1. The van der Waals surface area contributed by atoms with E-state index >= 15 is 0 Å². The minimum atomic E-state index is -0.424. The molecule has 0 aliphatic carbocycles. The van der Waals surface area contributed by atoms with Gasteiger partial charge in [0.25, 0.3) is 0 Å². The van der Waals surface area contributed by atoms with Crippen LogP contribution in [-0.2, 0) is 0 Å². The Morgan fingerprint density at radius 3 is 2.56 bits per heavy atom. The van der Waals surface area contributed by atoms with E-state index in [2.05, 4.69) is 10.2 Å². The van der Waals surface area contributed by atoms with Gasteiger partial charge in [-0.25, -0.2) is 8.78 Å². The van der Waals surface area contributed by atoms with Crippen LogP contribution in [-0.4, -0.2) is 37.8 Å². The highest BCUT2D eigenvalue weighted by Crippen LogP contribution is 2.25. The average Bonchev–Trinajstić information content (AvgIpc) is 2.34. The zero-order valence-electron chi connectivity index (χ0n) is 10.5. The first-order valence-corrected chi connectivity index (χ1v) is 5.99. The number of hydrogen-bond donors (Lipinski definition) is 1. The van der Waals surface area contributed by atoms with Crippen LogP contribution in [0.5, 0.6) is 0 Å². The Morgan fingerprint density at radius 2 is 2.00 bits per heavy atom. The number of alkyl halides is 1. The summed E-state index contributed by atoms with van der Waals surface area (Å²) in [5, 5.41) is 3.24. The predicted molar refractivity (Wildman–Crippen MR) is 71.5 cm³/mol. The van der Waals surface area contributed by atoms with Gasteiger partial charge in [0.05, 0.1) is 6.04 Å². The Kier molecular flexibility index (Phi) is 5.99. The molecule has 1 N–H and O–H groups in total. The highest BCUT2D eigenvalue weighted by molar-refractivity contribution is 5.85. The maximum absolute atomic E-state index is 13.3. The van der Waals surface area contributed by atoms with Crippen molar-refractivity contribution >= 4 is 12.4 Å². The van der Waals surface area contributed by atoms with Crippen LogP contribution in [0.25, 0.3) is 0 Å². The molecule has 0 aromatic heterocycles. The summed E-state index contributed by atoms with van der Waals surface area (Å²) in [6.45, 7) is 4.86. The van der Waals surface area contributed by atoms with Crippen molar-refractivity contribution in [3.8, 4) is 0 Å². The van der Waals surface area contributed by atoms with Crippen LogP contribution in [0.1, 0.15) is 17.2 Å². The minimum absolute atomic E-state index is 0. The van der Waals surface area contributed by atoms with Crippen LogP contribution in [0.15, 0.2) is 18.2 Å². The fourth-order valence-corrected chi connectivity index (χ4v) is 2.38. The van der Waals surface area contributed by atoms with Gasteiger partial charge in [-0.05, 0) is 30.2 Å². The minimum Gasteiger partial charge on any atom is -0.314 e. The van der Waals surface area contributed by atoms with Crippen molar-refractivity contribution in [1.29, 1.82) is 0 Å². The molecule has 1 atom stereocenters. The van der Waals surface area contributed by atoms with Crippen molar-refractivity contribution in [2.24, 2.45) is 0 Å². The van der Waals surface area contributed by atoms with Crippen LogP contribution >= 0.6 is 12.4 Å². The van der Waals surface area contributed by atoms with E-state index in [0.29, 0.717) is 0 Å². The number of rotatable bonds is 3. The third-order valence-corrected chi connectivity index (χ3v) is 3.33. The summed E-state index contributed by atoms with van der Waals surface area (Å²) in [4.78, 5) is 2.12. The second-order valence-corrected chi connectivity index (χ2v) is 4.46. The lowest BCUT2D eigenvalue weighted by Crippen LogP contribution is -2.45. The monoisotopic (exact) mass is 276 g/mol. The molecule has 1 aromatic rings. The SMILES string of the molecule is Cc1cc(F)ccc1[C@H](CF)N1CCNCC1.Cl. The highest BCUT2D eigenvalue weighted by atomic mass is 35.5. The fourth-order valence-electron chi connectivity index (χ4n) is 2.38. The van der Waals surface area contributed by atoms with E-state index in [1.807, 2.05) is 6.92 Å². The standard InChI is InChI=1S/C13H18F2N2.ClH/c1-10-8-11(15)2-3-12(10)13(9-14)17-6-4-16-5-7-17;/h2-3,8,13,16H,4-7,9H2,1H3;1H/t13-;/m0./s1. The smallest absolute Gasteiger partial charge is 0.123 e. The summed E-state index contributed by atoms with van der Waals surface area (Å²) >= 11 is 0. The van der Waals surface area contributed by atoms with E-state index in [0.717, 1.165) is 37.3 Å². The van der Waals surface area contributed by atoms with Gasteiger partial charge in [-0.2, -0.15) is 0 Å². The number of nitrogens with zero attached hydrogens (tertiary/aromatic N) is 1. The molecular weight excluding hydrogens is 258 g/mol. The van der Waals surface area contributed by atoms with Gasteiger partial charge in [-0.1, -0.05) is 6.07 Å². The summed E-state index contributed by atoms with van der Waals surface area (Å²) in [5.74, 6) is -0.260. The average molecular weight is 277 g/mol. The van der Waals surface area contributed by atoms with Crippen molar-refractivity contribution in [2.45, 2.75) is 13.0 Å². The molecule has 0 bridgehead atoms. The highest BCUT2D eigenvalue weighted by Gasteiger charge is 2.23. The number of benzene rings is 1. The summed E-state index contributed by atoms with van der Waals surface area (Å²) < 4.78 is 26.3. The molecule has 0 unspecified atom stereocenters. The molecule has 18 heavy (non-hydrogen) atoms. The van der Waals surface area contributed by atoms with Crippen molar-refractivity contribution in [3.05, 3.63) is 35.1 Å². The Bertz CT molecular complexity index is 381. The molecule has 1 heterocycles. The van der Waals surface area contributed by atoms with Crippen LogP contribution in [0.4, 0.5) is 8.78 Å². The van der Waals surface area contributed by atoms with Crippen LogP contribution < -0.4 is 5.32 Å². The lowest BCUT2D eigenvalue weighted by molar-refractivity contribution is 0.147. The predicted octanol–water partition coefficient (Wildman–Crippen LogP) is 2.47. The summed E-state index contributed by atoms with van der Waals surface area (Å²) in [6, 6.07) is 4.35. The summed E-state index contributed by atoms with van der Waals surface area (Å²) in [5.41, 5.74) is 1.72. The second kappa shape index (κ2) is 7.02. The van der Waals surface area contributed by atoms with Crippen LogP contribution in [0, 0.1) is 12.7 Å². The molecule has 0 saturated carbocycles. The third kappa shape index (κ3) is 3.40. The normalized spacial score (nSPS) is 18.2. The van der Waals surface area contributed by atoms with E-state index in [-0.39, 0.29) is 24.3 Å². The van der Waals surface area contributed by atoms with Gasteiger partial charge in [-0.3, -0.25) is 4.90 Å². The zero-order chi connectivity index (χ0) is 12.3. The van der Waals surface area contributed by atoms with Crippen LogP contribution in [0.3, 0.4) is 0 Å². The molecule has 2 nitrogen and oxygen atoms in total. The van der Waals surface area contributed by atoms with Gasteiger partial charge < -0.3 is 5.32 Å². The number of hydrogen-bond acceptors (Lipinski definition) is 2. The van der Waals surface area contributed by atoms with E-state index < -0.39 is 6.67 Å². The largest absolute Gasteiger partial charge is 0.314 e. The molecule has 102 valence electrons. The Balaban J connectivity index is 0.00000162. The van der Waals surface area contributed by atoms with Crippen molar-refractivity contribution in [3.63, 3.8) is 0 Å². The van der Waals surface area contributed by atoms with Crippen molar-refractivity contribution in [2.75, 3.05) is 32.9 Å². The van der Waals surface area contributed by atoms with E-state index in [1.165, 1.54) is 12.1 Å². The number of piperazine rings is 1. The number of halogens is 3. The van der Waals surface area contributed by atoms with Crippen molar-refractivity contribution < 1.29 is 8.78 Å². The molecule has 0 amide bonds. The maximum atomic E-state index is 13.3. The molecule has 1 aliphatic rings. The molecule has 1 aromatic carbocycles. The van der Waals surface area contributed by atoms with Gasteiger partial charge in [0.1, 0.15) is 12.5 Å². The lowest BCUT2D eigenvalue weighted by Gasteiger charge is -2.34. The first-order chi connectivity index (χ1) is 8.22. The van der Waals surface area contributed by atoms with Gasteiger partial charge in [0, 0.05) is 26.2 Å². The number of aryl methyl sites for hydroxylation is 1. The first kappa shape index (κ1) is 15.3. The third-order valence-electron chi connectivity index (χ3n) is 3.33. The van der Waals surface area contributed by atoms with Crippen molar-refractivity contribution in [1.82, 2.24) is 10.2 Å². The lowest BCUT2D eigenvalue weighted by atomic mass is 10.00. The second-order valence-electron chi connectivity index (χ2n) is 4.46. The quantitative estimate of drug-likeness (QED) is 0.912. The van der Waals surface area contributed by atoms with E-state index in [1.54, 1.807) is 6.07 Å². The molecule has 2 rings (SSSR count). The summed E-state index contributed by atoms with van der Waals surface area (Å²) in [6.07, 6.45) is 0. The zero-order valence-corrected chi connectivity index (χ0v) is 11.3. The fraction of sp³-hybridized carbons (Fsp3) is 0.538. The Morgan fingerprint density at radius 1 is 1.33 bits per heavy atom. The molecule has 0 radical (unpaired) electrons. The Labute approximate surface area is 113 Å².